The molecule has 1 aliphatic heterocycles. The fourth-order valence-electron chi connectivity index (χ4n) is 1.43. The first-order chi connectivity index (χ1) is 7.76. The predicted molar refractivity (Wildman–Crippen MR) is 63.4 cm³/mol. The Morgan fingerprint density at radius 1 is 1.19 bits per heavy atom. The van der Waals surface area contributed by atoms with E-state index >= 15 is 0 Å². The van der Waals surface area contributed by atoms with E-state index in [4.69, 9.17) is 9.47 Å². The molecule has 0 aromatic heterocycles. The minimum Gasteiger partial charge on any atom is -0.493 e. The lowest BCUT2D eigenvalue weighted by Crippen LogP contribution is -2.04. The maximum absolute atomic E-state index is 11.6. The molecule has 1 aromatic rings. The maximum atomic E-state index is 11.6. The Hall–Kier alpha value is -1.62. The van der Waals surface area contributed by atoms with Crippen LogP contribution in [0.1, 0.15) is 5.56 Å². The lowest BCUT2D eigenvalue weighted by Gasteiger charge is -2.08. The van der Waals surface area contributed by atoms with E-state index in [0.29, 0.717) is 16.5 Å². The van der Waals surface area contributed by atoms with Gasteiger partial charge in [0.25, 0.3) is 0 Å². The molecule has 1 atom stereocenters. The van der Waals surface area contributed by atoms with E-state index in [1.54, 1.807) is 38.0 Å². The molecule has 0 amide bonds. The van der Waals surface area contributed by atoms with Gasteiger partial charge in [0.15, 0.2) is 11.5 Å². The highest BCUT2D eigenvalue weighted by Gasteiger charge is 2.15. The summed E-state index contributed by atoms with van der Waals surface area (Å²) < 4.78 is 21.8. The van der Waals surface area contributed by atoms with Gasteiger partial charge >= 0.3 is 0 Å². The molecule has 1 aromatic carbocycles. The molecule has 0 radical (unpaired) electrons. The molecule has 0 saturated carbocycles. The lowest BCUT2D eigenvalue weighted by molar-refractivity contribution is 0.355. The maximum Gasteiger partial charge on any atom is 0.161 e. The first-order valence-corrected chi connectivity index (χ1v) is 5.85. The molecule has 0 bridgehead atoms. The quantitative estimate of drug-likeness (QED) is 0.803. The number of hydrogen-bond acceptors (Lipinski definition) is 4. The summed E-state index contributed by atoms with van der Waals surface area (Å²) in [6.45, 7) is 0. The third-order valence-electron chi connectivity index (χ3n) is 2.20. The summed E-state index contributed by atoms with van der Waals surface area (Å²) in [4.78, 5) is 4.06. The highest BCUT2D eigenvalue weighted by molar-refractivity contribution is 8.04. The number of ether oxygens (including phenoxy) is 2. The topological polar surface area (TPSA) is 47.9 Å². The summed E-state index contributed by atoms with van der Waals surface area (Å²) in [5, 5.41) is 2.09. The second-order valence-corrected chi connectivity index (χ2v) is 4.34. The van der Waals surface area contributed by atoms with Crippen molar-refractivity contribution in [1.82, 2.24) is 0 Å². The molecule has 0 fully saturated rings. The Bertz CT molecular complexity index is 494. The van der Waals surface area contributed by atoms with Gasteiger partial charge in [-0.3, -0.25) is 0 Å². The standard InChI is InChI=1S/C11H11NO3S/c1-14-9-4-3-8(7-10(9)15-2)11-12-5-6-16(11)13/h3-7H,1-2H3. The summed E-state index contributed by atoms with van der Waals surface area (Å²) >= 11 is 0. The van der Waals surface area contributed by atoms with Crippen molar-refractivity contribution in [1.29, 1.82) is 0 Å². The second kappa shape index (κ2) is 4.49. The van der Waals surface area contributed by atoms with E-state index < -0.39 is 10.8 Å². The van der Waals surface area contributed by atoms with Crippen LogP contribution in [0.2, 0.25) is 0 Å². The molecule has 16 heavy (non-hydrogen) atoms. The van der Waals surface area contributed by atoms with Crippen molar-refractivity contribution in [3.05, 3.63) is 35.4 Å². The van der Waals surface area contributed by atoms with Gasteiger partial charge in [-0.1, -0.05) is 0 Å². The SMILES string of the molecule is COc1ccc(C2=NC=CS2=O)cc1OC. The molecule has 1 unspecified atom stereocenters. The number of rotatable bonds is 3. The van der Waals surface area contributed by atoms with Crippen molar-refractivity contribution in [3.63, 3.8) is 0 Å². The van der Waals surface area contributed by atoms with Gasteiger partial charge in [-0.05, 0) is 18.2 Å². The van der Waals surface area contributed by atoms with Gasteiger partial charge in [-0.2, -0.15) is 0 Å². The van der Waals surface area contributed by atoms with Crippen molar-refractivity contribution < 1.29 is 13.7 Å². The zero-order valence-electron chi connectivity index (χ0n) is 8.97. The van der Waals surface area contributed by atoms with Crippen LogP contribution in [0.15, 0.2) is 34.8 Å². The van der Waals surface area contributed by atoms with Crippen LogP contribution < -0.4 is 9.47 Å². The summed E-state index contributed by atoms with van der Waals surface area (Å²) in [7, 11) is 1.98. The summed E-state index contributed by atoms with van der Waals surface area (Å²) in [5.41, 5.74) is 0.779. The Morgan fingerprint density at radius 3 is 2.50 bits per heavy atom. The average Bonchev–Trinajstić information content (AvgIpc) is 2.74. The first kappa shape index (κ1) is 10.9. The fraction of sp³-hybridized carbons (Fsp3) is 0.182. The summed E-state index contributed by atoms with van der Waals surface area (Å²) in [6.07, 6.45) is 1.54. The highest BCUT2D eigenvalue weighted by Crippen LogP contribution is 2.28. The molecule has 0 N–H and O–H groups in total. The lowest BCUT2D eigenvalue weighted by atomic mass is 10.2. The minimum atomic E-state index is -1.16. The van der Waals surface area contributed by atoms with Crippen LogP contribution in [0.3, 0.4) is 0 Å². The Labute approximate surface area is 96.1 Å². The van der Waals surface area contributed by atoms with E-state index in [-0.39, 0.29) is 0 Å². The second-order valence-electron chi connectivity index (χ2n) is 3.09. The van der Waals surface area contributed by atoms with Crippen molar-refractivity contribution in [2.45, 2.75) is 0 Å². The van der Waals surface area contributed by atoms with Gasteiger partial charge < -0.3 is 9.47 Å². The van der Waals surface area contributed by atoms with Crippen molar-refractivity contribution >= 4 is 15.8 Å². The van der Waals surface area contributed by atoms with Crippen LogP contribution >= 0.6 is 0 Å². The Morgan fingerprint density at radius 2 is 1.94 bits per heavy atom. The molecule has 0 aliphatic carbocycles. The third-order valence-corrected chi connectivity index (χ3v) is 3.29. The molecule has 1 aliphatic rings. The van der Waals surface area contributed by atoms with E-state index in [9.17, 15) is 4.21 Å². The summed E-state index contributed by atoms with van der Waals surface area (Å²) in [5.74, 6) is 1.25. The molecular weight excluding hydrogens is 226 g/mol. The smallest absolute Gasteiger partial charge is 0.161 e. The number of methoxy groups -OCH3 is 2. The van der Waals surface area contributed by atoms with Crippen LogP contribution in [0.4, 0.5) is 0 Å². The van der Waals surface area contributed by atoms with Gasteiger partial charge in [0.2, 0.25) is 0 Å². The fourth-order valence-corrected chi connectivity index (χ4v) is 2.25. The van der Waals surface area contributed by atoms with E-state index in [1.165, 1.54) is 0 Å². The monoisotopic (exact) mass is 237 g/mol. The van der Waals surface area contributed by atoms with Crippen LogP contribution in [0, 0.1) is 0 Å². The highest BCUT2D eigenvalue weighted by atomic mass is 32.2. The zero-order chi connectivity index (χ0) is 11.5. The van der Waals surface area contributed by atoms with Gasteiger partial charge in [0.05, 0.1) is 25.0 Å². The average molecular weight is 237 g/mol. The van der Waals surface area contributed by atoms with Crippen molar-refractivity contribution in [2.24, 2.45) is 4.99 Å². The molecule has 5 heteroatoms. The number of aliphatic imine (C=N–C) groups is 1. The molecule has 2 rings (SSSR count). The third kappa shape index (κ3) is 1.86. The van der Waals surface area contributed by atoms with E-state index in [1.807, 2.05) is 6.07 Å². The summed E-state index contributed by atoms with van der Waals surface area (Å²) in [6, 6.07) is 5.35. The van der Waals surface area contributed by atoms with Gasteiger partial charge in [0, 0.05) is 17.2 Å². The van der Waals surface area contributed by atoms with Gasteiger partial charge in [-0.15, -0.1) is 0 Å². The van der Waals surface area contributed by atoms with Crippen LogP contribution in [0.25, 0.3) is 0 Å². The molecule has 1 heterocycles. The largest absolute Gasteiger partial charge is 0.493 e. The van der Waals surface area contributed by atoms with Crippen LogP contribution in [-0.2, 0) is 10.8 Å². The van der Waals surface area contributed by atoms with Crippen LogP contribution in [0.5, 0.6) is 11.5 Å². The molecule has 4 nitrogen and oxygen atoms in total. The van der Waals surface area contributed by atoms with E-state index in [2.05, 4.69) is 4.99 Å². The number of nitrogens with zero attached hydrogens (tertiary/aromatic N) is 1. The van der Waals surface area contributed by atoms with E-state index in [0.717, 1.165) is 5.56 Å². The van der Waals surface area contributed by atoms with Gasteiger partial charge in [0.1, 0.15) is 5.04 Å². The molecular formula is C11H11NO3S. The van der Waals surface area contributed by atoms with Crippen molar-refractivity contribution in [3.8, 4) is 11.5 Å². The molecule has 0 saturated heterocycles. The molecule has 0 spiro atoms. The minimum absolute atomic E-state index is 0.543. The predicted octanol–water partition coefficient (Wildman–Crippen LogP) is 1.68. The Balaban J connectivity index is 2.41. The zero-order valence-corrected chi connectivity index (χ0v) is 9.78. The number of benzene rings is 1. The molecule has 84 valence electrons. The van der Waals surface area contributed by atoms with Crippen molar-refractivity contribution in [2.75, 3.05) is 14.2 Å². The van der Waals surface area contributed by atoms with Crippen LogP contribution in [-0.4, -0.2) is 23.5 Å². The first-order valence-electron chi connectivity index (χ1n) is 4.63. The van der Waals surface area contributed by atoms with Gasteiger partial charge in [-0.25, -0.2) is 9.20 Å². The number of hydrogen-bond donors (Lipinski definition) is 0. The normalized spacial score (nSPS) is 18.4. The Kier molecular flexibility index (Phi) is 3.05.